The van der Waals surface area contributed by atoms with Crippen molar-refractivity contribution in [3.8, 4) is 0 Å². The van der Waals surface area contributed by atoms with E-state index in [-0.39, 0.29) is 6.04 Å². The van der Waals surface area contributed by atoms with Gasteiger partial charge in [0.05, 0.1) is 6.26 Å². The van der Waals surface area contributed by atoms with Gasteiger partial charge in [0.15, 0.2) is 5.22 Å². The zero-order chi connectivity index (χ0) is 14.5. The highest BCUT2D eigenvalue weighted by molar-refractivity contribution is 9.10. The molecule has 1 aromatic heterocycles. The lowest BCUT2D eigenvalue weighted by molar-refractivity contribution is 0.513. The molecule has 5 heteroatoms. The molecule has 1 aromatic carbocycles. The molecule has 1 heterocycles. The fourth-order valence-corrected chi connectivity index (χ4v) is 3.07. The number of benzene rings is 1. The van der Waals surface area contributed by atoms with Crippen molar-refractivity contribution < 1.29 is 4.42 Å². The molecule has 2 aromatic rings. The summed E-state index contributed by atoms with van der Waals surface area (Å²) >= 11 is 15.8. The quantitative estimate of drug-likeness (QED) is 0.706. The largest absolute Gasteiger partial charge is 0.453 e. The normalized spacial score (nSPS) is 12.6. The van der Waals surface area contributed by atoms with Crippen LogP contribution in [0.5, 0.6) is 0 Å². The Kier molecular flexibility index (Phi) is 5.97. The summed E-state index contributed by atoms with van der Waals surface area (Å²) in [6.45, 7) is 3.05. The number of hydrogen-bond acceptors (Lipinski definition) is 2. The Morgan fingerprint density at radius 2 is 2.10 bits per heavy atom. The maximum absolute atomic E-state index is 6.29. The number of rotatable bonds is 6. The average molecular weight is 377 g/mol. The Bertz CT molecular complexity index is 571. The molecule has 108 valence electrons. The molecule has 0 bridgehead atoms. The predicted octanol–water partition coefficient (Wildman–Crippen LogP) is 5.63. The van der Waals surface area contributed by atoms with Crippen LogP contribution >= 0.6 is 39.1 Å². The Balaban J connectivity index is 2.21. The van der Waals surface area contributed by atoms with E-state index < -0.39 is 0 Å². The molecule has 0 aliphatic carbocycles. The molecule has 2 nitrogen and oxygen atoms in total. The first-order chi connectivity index (χ1) is 9.61. The SMILES string of the molecule is CCCNC(Cc1ccc(Br)cc1Cl)c1ccoc1Cl. The molecule has 1 N–H and O–H groups in total. The van der Waals surface area contributed by atoms with Crippen LogP contribution in [0.1, 0.15) is 30.5 Å². The summed E-state index contributed by atoms with van der Waals surface area (Å²) in [5.41, 5.74) is 2.06. The fourth-order valence-electron chi connectivity index (χ4n) is 2.07. The highest BCUT2D eigenvalue weighted by Crippen LogP contribution is 2.30. The summed E-state index contributed by atoms with van der Waals surface area (Å²) in [4.78, 5) is 0. The number of halogens is 3. The summed E-state index contributed by atoms with van der Waals surface area (Å²) in [6, 6.07) is 7.93. The summed E-state index contributed by atoms with van der Waals surface area (Å²) in [7, 11) is 0. The molecular weight excluding hydrogens is 361 g/mol. The van der Waals surface area contributed by atoms with Gasteiger partial charge in [0.2, 0.25) is 0 Å². The highest BCUT2D eigenvalue weighted by atomic mass is 79.9. The van der Waals surface area contributed by atoms with Gasteiger partial charge in [-0.2, -0.15) is 0 Å². The van der Waals surface area contributed by atoms with E-state index in [0.717, 1.165) is 40.0 Å². The van der Waals surface area contributed by atoms with Gasteiger partial charge in [-0.3, -0.25) is 0 Å². The lowest BCUT2D eigenvalue weighted by Crippen LogP contribution is -2.24. The predicted molar refractivity (Wildman–Crippen MR) is 87.6 cm³/mol. The van der Waals surface area contributed by atoms with Gasteiger partial charge in [0.1, 0.15) is 0 Å². The van der Waals surface area contributed by atoms with E-state index in [1.54, 1.807) is 6.26 Å². The van der Waals surface area contributed by atoms with E-state index in [0.29, 0.717) is 5.22 Å². The van der Waals surface area contributed by atoms with Crippen LogP contribution in [0.25, 0.3) is 0 Å². The van der Waals surface area contributed by atoms with Crippen LogP contribution in [0.15, 0.2) is 39.4 Å². The minimum absolute atomic E-state index is 0.0971. The van der Waals surface area contributed by atoms with Gasteiger partial charge >= 0.3 is 0 Å². The molecule has 0 amide bonds. The maximum Gasteiger partial charge on any atom is 0.197 e. The summed E-state index contributed by atoms with van der Waals surface area (Å²) in [5, 5.41) is 4.68. The van der Waals surface area contributed by atoms with Crippen LogP contribution < -0.4 is 5.32 Å². The third-order valence-electron chi connectivity index (χ3n) is 3.10. The third-order valence-corrected chi connectivity index (χ3v) is 4.25. The van der Waals surface area contributed by atoms with Crippen molar-refractivity contribution in [2.24, 2.45) is 0 Å². The standard InChI is InChI=1S/C15H16BrCl2NO/c1-2-6-19-14(12-5-7-20-15(12)18)8-10-3-4-11(16)9-13(10)17/h3-5,7,9,14,19H,2,6,8H2,1H3. The molecule has 1 unspecified atom stereocenters. The second-order valence-electron chi connectivity index (χ2n) is 4.60. The van der Waals surface area contributed by atoms with Crippen molar-refractivity contribution in [2.45, 2.75) is 25.8 Å². The molecule has 0 saturated heterocycles. The molecule has 0 radical (unpaired) electrons. The van der Waals surface area contributed by atoms with E-state index in [2.05, 4.69) is 28.2 Å². The smallest absolute Gasteiger partial charge is 0.197 e. The molecule has 2 rings (SSSR count). The van der Waals surface area contributed by atoms with Gasteiger partial charge in [-0.1, -0.05) is 40.5 Å². The Labute approximate surface area is 137 Å². The van der Waals surface area contributed by atoms with Crippen LogP contribution in [-0.4, -0.2) is 6.54 Å². The molecular formula is C15H16BrCl2NO. The number of nitrogens with one attached hydrogen (secondary N) is 1. The Hall–Kier alpha value is -0.480. The van der Waals surface area contributed by atoms with E-state index in [9.17, 15) is 0 Å². The number of hydrogen-bond donors (Lipinski definition) is 1. The fraction of sp³-hybridized carbons (Fsp3) is 0.333. The third kappa shape index (κ3) is 4.01. The van der Waals surface area contributed by atoms with Crippen LogP contribution in [0.4, 0.5) is 0 Å². The average Bonchev–Trinajstić information content (AvgIpc) is 2.83. The molecule has 0 spiro atoms. The molecule has 0 aliphatic rings. The van der Waals surface area contributed by atoms with E-state index >= 15 is 0 Å². The zero-order valence-electron chi connectivity index (χ0n) is 11.1. The van der Waals surface area contributed by atoms with Crippen molar-refractivity contribution in [1.82, 2.24) is 5.32 Å². The summed E-state index contributed by atoms with van der Waals surface area (Å²) in [5.74, 6) is 0. The van der Waals surface area contributed by atoms with Gasteiger partial charge in [-0.25, -0.2) is 0 Å². The monoisotopic (exact) mass is 375 g/mol. The van der Waals surface area contributed by atoms with Crippen molar-refractivity contribution in [3.63, 3.8) is 0 Å². The van der Waals surface area contributed by atoms with E-state index in [1.165, 1.54) is 0 Å². The summed E-state index contributed by atoms with van der Waals surface area (Å²) < 4.78 is 6.17. The first-order valence-corrected chi connectivity index (χ1v) is 8.07. The van der Waals surface area contributed by atoms with Gasteiger partial charge in [0, 0.05) is 21.1 Å². The minimum atomic E-state index is 0.0971. The molecule has 0 fully saturated rings. The van der Waals surface area contributed by atoms with Crippen molar-refractivity contribution in [2.75, 3.05) is 6.54 Å². The molecule has 0 aliphatic heterocycles. The molecule has 20 heavy (non-hydrogen) atoms. The lowest BCUT2D eigenvalue weighted by Gasteiger charge is -2.18. The van der Waals surface area contributed by atoms with Crippen LogP contribution in [0.2, 0.25) is 10.2 Å². The van der Waals surface area contributed by atoms with Gasteiger partial charge in [-0.15, -0.1) is 0 Å². The van der Waals surface area contributed by atoms with Gasteiger partial charge < -0.3 is 9.73 Å². The second-order valence-corrected chi connectivity index (χ2v) is 6.26. The van der Waals surface area contributed by atoms with Crippen LogP contribution in [-0.2, 0) is 6.42 Å². The highest BCUT2D eigenvalue weighted by Gasteiger charge is 2.18. The second kappa shape index (κ2) is 7.51. The Morgan fingerprint density at radius 1 is 1.30 bits per heavy atom. The van der Waals surface area contributed by atoms with Gasteiger partial charge in [-0.05, 0) is 54.7 Å². The van der Waals surface area contributed by atoms with Crippen molar-refractivity contribution in [1.29, 1.82) is 0 Å². The first-order valence-electron chi connectivity index (χ1n) is 6.52. The molecule has 0 saturated carbocycles. The van der Waals surface area contributed by atoms with E-state index in [1.807, 2.05) is 24.3 Å². The van der Waals surface area contributed by atoms with Crippen molar-refractivity contribution in [3.05, 3.63) is 56.4 Å². The zero-order valence-corrected chi connectivity index (χ0v) is 14.2. The van der Waals surface area contributed by atoms with Crippen molar-refractivity contribution >= 4 is 39.1 Å². The number of furan rings is 1. The topological polar surface area (TPSA) is 25.2 Å². The maximum atomic E-state index is 6.29. The first kappa shape index (κ1) is 15.9. The minimum Gasteiger partial charge on any atom is -0.453 e. The lowest BCUT2D eigenvalue weighted by atomic mass is 10.0. The van der Waals surface area contributed by atoms with Crippen LogP contribution in [0.3, 0.4) is 0 Å². The van der Waals surface area contributed by atoms with Gasteiger partial charge in [0.25, 0.3) is 0 Å². The molecule has 1 atom stereocenters. The Morgan fingerprint density at radius 3 is 2.70 bits per heavy atom. The summed E-state index contributed by atoms with van der Waals surface area (Å²) in [6.07, 6.45) is 3.44. The van der Waals surface area contributed by atoms with Crippen LogP contribution in [0, 0.1) is 0 Å². The van der Waals surface area contributed by atoms with E-state index in [4.69, 9.17) is 27.6 Å².